The number of carbonyl (C=O) groups is 1. The molecule has 0 N–H and O–H groups in total. The van der Waals surface area contributed by atoms with Gasteiger partial charge >= 0.3 is 0 Å². The van der Waals surface area contributed by atoms with Gasteiger partial charge < -0.3 is 9.16 Å². The zero-order valence-electron chi connectivity index (χ0n) is 20.3. The summed E-state index contributed by atoms with van der Waals surface area (Å²) in [5.74, 6) is 1.39. The molecule has 2 aromatic rings. The van der Waals surface area contributed by atoms with Crippen LogP contribution in [0.5, 0.6) is 11.5 Å². The van der Waals surface area contributed by atoms with E-state index in [4.69, 9.17) is 9.16 Å². The first-order valence-electron chi connectivity index (χ1n) is 11.7. The van der Waals surface area contributed by atoms with E-state index in [9.17, 15) is 4.79 Å². The van der Waals surface area contributed by atoms with Crippen LogP contribution in [0.4, 0.5) is 0 Å². The highest BCUT2D eigenvalue weighted by Gasteiger charge is 2.39. The molecule has 0 aliphatic carbocycles. The van der Waals surface area contributed by atoms with Crippen molar-refractivity contribution in [1.82, 2.24) is 0 Å². The Morgan fingerprint density at radius 2 is 1.55 bits per heavy atom. The highest BCUT2D eigenvalue weighted by atomic mass is 28.4. The van der Waals surface area contributed by atoms with Crippen molar-refractivity contribution in [1.29, 1.82) is 0 Å². The minimum atomic E-state index is -2.11. The van der Waals surface area contributed by atoms with Gasteiger partial charge in [-0.05, 0) is 36.7 Å². The third-order valence-electron chi connectivity index (χ3n) is 6.17. The lowest BCUT2D eigenvalue weighted by Crippen LogP contribution is -2.44. The Kier molecular flexibility index (Phi) is 9.36. The maximum atomic E-state index is 13.2. The summed E-state index contributed by atoms with van der Waals surface area (Å²) in [5, 5.41) is 0.0371. The summed E-state index contributed by atoms with van der Waals surface area (Å²) in [6, 6.07) is 15.1. The summed E-state index contributed by atoms with van der Waals surface area (Å²) in [6.07, 6.45) is 7.39. The third kappa shape index (κ3) is 7.53. The number of ketones is 1. The molecule has 0 spiro atoms. The van der Waals surface area contributed by atoms with Crippen LogP contribution in [0, 0.1) is 0 Å². The second-order valence-electron chi connectivity index (χ2n) is 9.83. The fourth-order valence-electron chi connectivity index (χ4n) is 3.11. The number of unbranched alkanes of at least 4 members (excludes halogenated alkanes) is 5. The molecule has 0 unspecified atom stereocenters. The lowest BCUT2D eigenvalue weighted by Gasteiger charge is -2.37. The molecule has 3 nitrogen and oxygen atoms in total. The van der Waals surface area contributed by atoms with Gasteiger partial charge in [0, 0.05) is 11.6 Å². The Hall–Kier alpha value is -2.07. The smallest absolute Gasteiger partial charge is 0.250 e. The van der Waals surface area contributed by atoms with Crippen LogP contribution in [0.1, 0.15) is 82.1 Å². The fourth-order valence-corrected chi connectivity index (χ4v) is 4.13. The van der Waals surface area contributed by atoms with Crippen molar-refractivity contribution >= 4 is 14.1 Å². The number of carbonyl (C=O) groups excluding carboxylic acids is 1. The molecule has 31 heavy (non-hydrogen) atoms. The molecule has 0 fully saturated rings. The van der Waals surface area contributed by atoms with E-state index in [1.807, 2.05) is 48.5 Å². The molecule has 0 amide bonds. The molecular formula is C27H40O3Si. The number of rotatable bonds is 12. The van der Waals surface area contributed by atoms with E-state index in [1.165, 1.54) is 32.1 Å². The quantitative estimate of drug-likeness (QED) is 0.190. The second kappa shape index (κ2) is 11.5. The highest BCUT2D eigenvalue weighted by Crippen LogP contribution is 2.39. The highest BCUT2D eigenvalue weighted by molar-refractivity contribution is 6.74. The van der Waals surface area contributed by atoms with Crippen LogP contribution in [0.15, 0.2) is 48.5 Å². The average Bonchev–Trinajstić information content (AvgIpc) is 2.72. The molecule has 0 saturated carbocycles. The van der Waals surface area contributed by atoms with Crippen molar-refractivity contribution in [3.8, 4) is 11.5 Å². The normalized spacial score (nSPS) is 11.9. The zero-order chi connectivity index (χ0) is 22.9. The van der Waals surface area contributed by atoms with E-state index >= 15 is 0 Å². The third-order valence-corrected chi connectivity index (χ3v) is 10.5. The second-order valence-corrected chi connectivity index (χ2v) is 14.6. The van der Waals surface area contributed by atoms with Gasteiger partial charge in [0.1, 0.15) is 11.5 Å². The number of hydrogen-bond acceptors (Lipinski definition) is 3. The number of hydrogen-bond donors (Lipinski definition) is 0. The molecule has 2 rings (SSSR count). The topological polar surface area (TPSA) is 35.5 Å². The Morgan fingerprint density at radius 3 is 2.19 bits per heavy atom. The van der Waals surface area contributed by atoms with Gasteiger partial charge in [0.25, 0.3) is 8.32 Å². The van der Waals surface area contributed by atoms with Crippen molar-refractivity contribution in [2.75, 3.05) is 6.61 Å². The summed E-state index contributed by atoms with van der Waals surface area (Å²) in [4.78, 5) is 13.2. The Bertz CT molecular complexity index is 822. The molecular weight excluding hydrogens is 400 g/mol. The van der Waals surface area contributed by atoms with E-state index in [2.05, 4.69) is 40.8 Å². The standard InChI is InChI=1S/C27H40O3Si/c1-7-8-9-10-11-15-20-29-23-18-19-24(26(28)22-16-13-12-14-17-22)25(21-23)30-31(5,6)27(2,3)4/h12-14,16-19,21H,7-11,15,20H2,1-6H3. The summed E-state index contributed by atoms with van der Waals surface area (Å²) in [5.41, 5.74) is 1.27. The van der Waals surface area contributed by atoms with Crippen LogP contribution in [-0.4, -0.2) is 20.7 Å². The van der Waals surface area contributed by atoms with Crippen molar-refractivity contribution in [2.45, 2.75) is 84.4 Å². The van der Waals surface area contributed by atoms with Crippen molar-refractivity contribution in [3.63, 3.8) is 0 Å². The lowest BCUT2D eigenvalue weighted by atomic mass is 10.0. The van der Waals surface area contributed by atoms with E-state index in [1.54, 1.807) is 0 Å². The van der Waals surface area contributed by atoms with Crippen LogP contribution in [0.2, 0.25) is 18.1 Å². The SMILES string of the molecule is CCCCCCCCOc1ccc(C(=O)c2ccccc2)c(O[Si](C)(C)C(C)(C)C)c1. The largest absolute Gasteiger partial charge is 0.543 e. The summed E-state index contributed by atoms with van der Waals surface area (Å²) < 4.78 is 12.6. The first-order valence-corrected chi connectivity index (χ1v) is 14.6. The molecule has 0 aliphatic rings. The van der Waals surface area contributed by atoms with Crippen LogP contribution in [0.25, 0.3) is 0 Å². The van der Waals surface area contributed by atoms with Gasteiger partial charge in [0.2, 0.25) is 0 Å². The first-order chi connectivity index (χ1) is 14.7. The van der Waals surface area contributed by atoms with Gasteiger partial charge in [-0.2, -0.15) is 0 Å². The molecule has 0 aromatic heterocycles. The van der Waals surface area contributed by atoms with Crippen LogP contribution < -0.4 is 9.16 Å². The zero-order valence-corrected chi connectivity index (χ0v) is 21.3. The fraction of sp³-hybridized carbons (Fsp3) is 0.519. The van der Waals surface area contributed by atoms with E-state index < -0.39 is 8.32 Å². The van der Waals surface area contributed by atoms with Crippen LogP contribution in [0.3, 0.4) is 0 Å². The van der Waals surface area contributed by atoms with Crippen molar-refractivity contribution < 1.29 is 14.0 Å². The maximum absolute atomic E-state index is 13.2. The Morgan fingerprint density at radius 1 is 0.903 bits per heavy atom. The summed E-state index contributed by atoms with van der Waals surface area (Å²) in [7, 11) is -2.11. The predicted molar refractivity (Wildman–Crippen MR) is 133 cm³/mol. The van der Waals surface area contributed by atoms with Crippen LogP contribution in [-0.2, 0) is 0 Å². The van der Waals surface area contributed by atoms with Gasteiger partial charge in [-0.15, -0.1) is 0 Å². The summed E-state index contributed by atoms with van der Waals surface area (Å²) in [6.45, 7) is 13.9. The molecule has 0 atom stereocenters. The molecule has 0 heterocycles. The minimum absolute atomic E-state index is 0.0169. The van der Waals surface area contributed by atoms with E-state index in [-0.39, 0.29) is 10.8 Å². The molecule has 0 radical (unpaired) electrons. The minimum Gasteiger partial charge on any atom is -0.543 e. The van der Waals surface area contributed by atoms with Gasteiger partial charge in [0.05, 0.1) is 12.2 Å². The lowest BCUT2D eigenvalue weighted by molar-refractivity contribution is 0.103. The first kappa shape index (κ1) is 25.2. The van der Waals surface area contributed by atoms with E-state index in [0.717, 1.165) is 12.2 Å². The molecule has 2 aromatic carbocycles. The van der Waals surface area contributed by atoms with Crippen molar-refractivity contribution in [2.24, 2.45) is 0 Å². The Balaban J connectivity index is 2.18. The molecule has 4 heteroatoms. The number of benzene rings is 2. The predicted octanol–water partition coefficient (Wildman–Crippen LogP) is 8.04. The molecule has 0 aliphatic heterocycles. The summed E-state index contributed by atoms with van der Waals surface area (Å²) >= 11 is 0. The average molecular weight is 441 g/mol. The van der Waals surface area contributed by atoms with Crippen LogP contribution >= 0.6 is 0 Å². The molecule has 0 bridgehead atoms. The van der Waals surface area contributed by atoms with Gasteiger partial charge in [-0.25, -0.2) is 0 Å². The van der Waals surface area contributed by atoms with E-state index in [0.29, 0.717) is 23.5 Å². The van der Waals surface area contributed by atoms with Gasteiger partial charge in [-0.3, -0.25) is 4.79 Å². The van der Waals surface area contributed by atoms with Gasteiger partial charge in [0.15, 0.2) is 5.78 Å². The van der Waals surface area contributed by atoms with Crippen molar-refractivity contribution in [3.05, 3.63) is 59.7 Å². The maximum Gasteiger partial charge on any atom is 0.250 e. The molecule has 0 saturated heterocycles. The Labute approximate surface area is 190 Å². The number of ether oxygens (including phenoxy) is 1. The monoisotopic (exact) mass is 440 g/mol. The van der Waals surface area contributed by atoms with Gasteiger partial charge in [-0.1, -0.05) is 90.1 Å². The molecule has 170 valence electrons.